The molecule has 0 radical (unpaired) electrons. The van der Waals surface area contributed by atoms with Crippen molar-refractivity contribution in [3.05, 3.63) is 28.7 Å². The van der Waals surface area contributed by atoms with Crippen LogP contribution in [-0.4, -0.2) is 12.0 Å². The Morgan fingerprint density at radius 3 is 2.31 bits per heavy atom. The van der Waals surface area contributed by atoms with Crippen LogP contribution in [0.4, 0.5) is 8.78 Å². The van der Waals surface area contributed by atoms with Crippen molar-refractivity contribution in [3.8, 4) is 5.75 Å². The number of hydrogen-bond donors (Lipinski definition) is 0. The van der Waals surface area contributed by atoms with Gasteiger partial charge < -0.3 is 4.74 Å². The molecule has 0 aliphatic heterocycles. The molecule has 0 bridgehead atoms. The van der Waals surface area contributed by atoms with Gasteiger partial charge in [-0.05, 0) is 24.3 Å². The van der Waals surface area contributed by atoms with E-state index in [1.807, 2.05) is 0 Å². The number of hydrogen-bond acceptors (Lipinski definition) is 1. The molecule has 1 unspecified atom stereocenters. The van der Waals surface area contributed by atoms with Crippen LogP contribution < -0.4 is 4.74 Å². The molecule has 1 aliphatic carbocycles. The van der Waals surface area contributed by atoms with Gasteiger partial charge in [-0.1, -0.05) is 15.9 Å². The fourth-order valence-corrected chi connectivity index (χ4v) is 1.26. The molecule has 1 aliphatic rings. The van der Waals surface area contributed by atoms with Crippen molar-refractivity contribution in [2.45, 2.75) is 18.4 Å². The van der Waals surface area contributed by atoms with Gasteiger partial charge in [0.1, 0.15) is 5.75 Å². The van der Waals surface area contributed by atoms with Crippen molar-refractivity contribution in [1.82, 2.24) is 0 Å². The summed E-state index contributed by atoms with van der Waals surface area (Å²) >= 11 is 3.25. The molecule has 0 aromatic heterocycles. The van der Waals surface area contributed by atoms with Gasteiger partial charge in [-0.3, -0.25) is 0 Å². The highest BCUT2D eigenvalue weighted by atomic mass is 79.9. The van der Waals surface area contributed by atoms with Crippen LogP contribution in [0.5, 0.6) is 5.75 Å². The minimum Gasteiger partial charge on any atom is -0.484 e. The average Bonchev–Trinajstić information content (AvgIpc) is 2.64. The summed E-state index contributed by atoms with van der Waals surface area (Å²) in [5, 5.41) is 0. The summed E-state index contributed by atoms with van der Waals surface area (Å²) in [5.41, 5.74) is 0. The van der Waals surface area contributed by atoms with Gasteiger partial charge in [0.2, 0.25) is 0 Å². The van der Waals surface area contributed by atoms with Crippen LogP contribution in [0.1, 0.15) is 6.42 Å². The Labute approximate surface area is 82.8 Å². The second-order valence-electron chi connectivity index (χ2n) is 3.03. The van der Waals surface area contributed by atoms with Crippen LogP contribution in [-0.2, 0) is 0 Å². The average molecular weight is 249 g/mol. The van der Waals surface area contributed by atoms with E-state index in [2.05, 4.69) is 15.9 Å². The zero-order valence-electron chi connectivity index (χ0n) is 6.64. The molecule has 0 spiro atoms. The van der Waals surface area contributed by atoms with Gasteiger partial charge in [-0.2, -0.15) is 0 Å². The maximum absolute atomic E-state index is 12.4. The molecular formula is C9H7BrF2O. The van der Waals surface area contributed by atoms with Crippen molar-refractivity contribution in [1.29, 1.82) is 0 Å². The third-order valence-corrected chi connectivity index (χ3v) is 2.39. The molecule has 0 saturated heterocycles. The first kappa shape index (κ1) is 8.94. The van der Waals surface area contributed by atoms with Crippen LogP contribution in [0.2, 0.25) is 0 Å². The lowest BCUT2D eigenvalue weighted by Crippen LogP contribution is -2.06. The van der Waals surface area contributed by atoms with Crippen LogP contribution in [0.3, 0.4) is 0 Å². The Morgan fingerprint density at radius 2 is 1.85 bits per heavy atom. The summed E-state index contributed by atoms with van der Waals surface area (Å²) in [7, 11) is 0. The van der Waals surface area contributed by atoms with Gasteiger partial charge >= 0.3 is 0 Å². The van der Waals surface area contributed by atoms with E-state index in [0.29, 0.717) is 5.75 Å². The minimum atomic E-state index is -2.62. The molecule has 4 heteroatoms. The Balaban J connectivity index is 2.00. The van der Waals surface area contributed by atoms with E-state index in [1.165, 1.54) is 0 Å². The summed E-state index contributed by atoms with van der Waals surface area (Å²) in [4.78, 5) is 0. The van der Waals surface area contributed by atoms with E-state index in [0.717, 1.165) is 4.47 Å². The Hall–Kier alpha value is -0.640. The van der Waals surface area contributed by atoms with Crippen molar-refractivity contribution >= 4 is 15.9 Å². The third kappa shape index (κ3) is 1.99. The Morgan fingerprint density at radius 1 is 1.31 bits per heavy atom. The predicted octanol–water partition coefficient (Wildman–Crippen LogP) is 3.24. The number of rotatable bonds is 2. The molecule has 1 aromatic carbocycles. The molecule has 70 valence electrons. The quantitative estimate of drug-likeness (QED) is 0.781. The predicted molar refractivity (Wildman–Crippen MR) is 48.1 cm³/mol. The van der Waals surface area contributed by atoms with Gasteiger partial charge in [0, 0.05) is 4.47 Å². The molecule has 1 atom stereocenters. The smallest absolute Gasteiger partial charge is 0.288 e. The molecule has 0 amide bonds. The first-order valence-electron chi connectivity index (χ1n) is 3.88. The lowest BCUT2D eigenvalue weighted by Gasteiger charge is -2.03. The van der Waals surface area contributed by atoms with Crippen molar-refractivity contribution in [3.63, 3.8) is 0 Å². The van der Waals surface area contributed by atoms with Crippen LogP contribution in [0, 0.1) is 0 Å². The normalized spacial score (nSPS) is 24.1. The number of alkyl halides is 2. The van der Waals surface area contributed by atoms with E-state index < -0.39 is 12.0 Å². The highest BCUT2D eigenvalue weighted by Gasteiger charge is 2.59. The molecular weight excluding hydrogens is 242 g/mol. The summed E-state index contributed by atoms with van der Waals surface area (Å²) in [6.45, 7) is 0. The summed E-state index contributed by atoms with van der Waals surface area (Å²) in [6.07, 6.45) is -1.09. The third-order valence-electron chi connectivity index (χ3n) is 1.86. The Bertz CT molecular complexity index is 310. The second-order valence-corrected chi connectivity index (χ2v) is 3.94. The van der Waals surface area contributed by atoms with Gasteiger partial charge in [0.05, 0.1) is 6.42 Å². The fraction of sp³-hybridized carbons (Fsp3) is 0.333. The van der Waals surface area contributed by atoms with E-state index in [4.69, 9.17) is 4.74 Å². The SMILES string of the molecule is FC1(F)CC1Oc1ccc(Br)cc1. The van der Waals surface area contributed by atoms with Crippen molar-refractivity contribution in [2.75, 3.05) is 0 Å². The minimum absolute atomic E-state index is 0.164. The fourth-order valence-electron chi connectivity index (χ4n) is 0.994. The van der Waals surface area contributed by atoms with Crippen LogP contribution in [0.25, 0.3) is 0 Å². The lowest BCUT2D eigenvalue weighted by molar-refractivity contribution is 0.0665. The zero-order chi connectivity index (χ0) is 9.47. The highest BCUT2D eigenvalue weighted by molar-refractivity contribution is 9.10. The standard InChI is InChI=1S/C9H7BrF2O/c10-6-1-3-7(4-2-6)13-8-5-9(8,11)12/h1-4,8H,5H2. The van der Waals surface area contributed by atoms with Crippen molar-refractivity contribution < 1.29 is 13.5 Å². The first-order valence-corrected chi connectivity index (χ1v) is 4.67. The van der Waals surface area contributed by atoms with Gasteiger partial charge in [-0.15, -0.1) is 0 Å². The van der Waals surface area contributed by atoms with E-state index in [-0.39, 0.29) is 6.42 Å². The number of halogens is 3. The van der Waals surface area contributed by atoms with Gasteiger partial charge in [0.15, 0.2) is 6.10 Å². The monoisotopic (exact) mass is 248 g/mol. The molecule has 13 heavy (non-hydrogen) atoms. The molecule has 2 rings (SSSR count). The second kappa shape index (κ2) is 2.94. The molecule has 1 aromatic rings. The maximum atomic E-state index is 12.4. The van der Waals surface area contributed by atoms with Crippen molar-refractivity contribution in [2.24, 2.45) is 0 Å². The topological polar surface area (TPSA) is 9.23 Å². The Kier molecular flexibility index (Phi) is 2.02. The van der Waals surface area contributed by atoms with E-state index >= 15 is 0 Å². The summed E-state index contributed by atoms with van der Waals surface area (Å²) < 4.78 is 30.8. The van der Waals surface area contributed by atoms with Gasteiger partial charge in [0.25, 0.3) is 5.92 Å². The molecule has 0 heterocycles. The lowest BCUT2D eigenvalue weighted by atomic mass is 10.3. The zero-order valence-corrected chi connectivity index (χ0v) is 8.22. The molecule has 1 fully saturated rings. The maximum Gasteiger partial charge on any atom is 0.288 e. The number of benzene rings is 1. The van der Waals surface area contributed by atoms with Gasteiger partial charge in [-0.25, -0.2) is 8.78 Å². The largest absolute Gasteiger partial charge is 0.484 e. The number of ether oxygens (including phenoxy) is 1. The summed E-state index contributed by atoms with van der Waals surface area (Å²) in [5.74, 6) is -2.13. The van der Waals surface area contributed by atoms with Crippen LogP contribution in [0.15, 0.2) is 28.7 Å². The van der Waals surface area contributed by atoms with E-state index in [9.17, 15) is 8.78 Å². The van der Waals surface area contributed by atoms with E-state index in [1.54, 1.807) is 24.3 Å². The molecule has 1 nitrogen and oxygen atoms in total. The summed E-state index contributed by atoms with van der Waals surface area (Å²) in [6, 6.07) is 6.85. The molecule has 0 N–H and O–H groups in total. The first-order chi connectivity index (χ1) is 6.08. The molecule has 1 saturated carbocycles. The van der Waals surface area contributed by atoms with Crippen LogP contribution >= 0.6 is 15.9 Å². The highest BCUT2D eigenvalue weighted by Crippen LogP contribution is 2.44.